The summed E-state index contributed by atoms with van der Waals surface area (Å²) in [6, 6.07) is 0.345. The Kier molecular flexibility index (Phi) is 9.64. The van der Waals surface area contributed by atoms with Crippen LogP contribution in [0.2, 0.25) is 0 Å². The third kappa shape index (κ3) is 9.70. The highest BCUT2D eigenvalue weighted by atomic mass is 16.5. The van der Waals surface area contributed by atoms with Crippen molar-refractivity contribution in [2.45, 2.75) is 85.3 Å². The molecule has 0 aliphatic rings. The van der Waals surface area contributed by atoms with E-state index in [1.165, 1.54) is 0 Å². The Balaban J connectivity index is 4.84. The Morgan fingerprint density at radius 3 is 1.15 bits per heavy atom. The van der Waals surface area contributed by atoms with Crippen molar-refractivity contribution in [3.63, 3.8) is 0 Å². The lowest BCUT2D eigenvalue weighted by Crippen LogP contribution is -2.59. The number of hydrogen-bond acceptors (Lipinski definition) is 4. The Bertz CT molecular complexity index is 209. The van der Waals surface area contributed by atoms with Crippen LogP contribution in [0.5, 0.6) is 0 Å². The first-order valence-electron chi connectivity index (χ1n) is 7.79. The minimum Gasteiger partial charge on any atom is -0.377 e. The zero-order valence-corrected chi connectivity index (χ0v) is 14.7. The molecular weight excluding hydrogens is 254 g/mol. The third-order valence-corrected chi connectivity index (χ3v) is 2.67. The van der Waals surface area contributed by atoms with Gasteiger partial charge in [0.05, 0.1) is 43.7 Å². The minimum atomic E-state index is -0.299. The van der Waals surface area contributed by atoms with Crippen molar-refractivity contribution in [2.24, 2.45) is 0 Å². The normalized spacial score (nSPS) is 13.2. The fraction of sp³-hybridized carbons (Fsp3) is 1.00. The first kappa shape index (κ1) is 19.8. The van der Waals surface area contributed by atoms with Crippen LogP contribution in [-0.4, -0.2) is 49.7 Å². The summed E-state index contributed by atoms with van der Waals surface area (Å²) in [4.78, 5) is 0. The highest BCUT2D eigenvalue weighted by molar-refractivity contribution is 4.90. The van der Waals surface area contributed by atoms with Gasteiger partial charge in [0.1, 0.15) is 0 Å². The summed E-state index contributed by atoms with van der Waals surface area (Å²) in [7, 11) is 0. The molecule has 4 heteroatoms. The number of ether oxygens (including phenoxy) is 3. The number of rotatable bonds is 11. The smallest absolute Gasteiger partial charge is 0.0892 e. The molecule has 0 atom stereocenters. The van der Waals surface area contributed by atoms with Crippen LogP contribution in [0.3, 0.4) is 0 Å². The van der Waals surface area contributed by atoms with E-state index >= 15 is 0 Å². The fourth-order valence-corrected chi connectivity index (χ4v) is 1.84. The van der Waals surface area contributed by atoms with E-state index < -0.39 is 0 Å². The van der Waals surface area contributed by atoms with Crippen molar-refractivity contribution in [3.8, 4) is 0 Å². The maximum Gasteiger partial charge on any atom is 0.0892 e. The molecule has 0 saturated heterocycles. The average Bonchev–Trinajstić information content (AvgIpc) is 2.30. The highest BCUT2D eigenvalue weighted by Crippen LogP contribution is 2.13. The molecule has 0 rings (SSSR count). The standard InChI is InChI=1S/C16H35NO3/c1-12(2)17-16(9-18-13(3)4,10-19-14(5)6)11-20-15(7)8/h12-15,17H,9-11H2,1-8H3. The molecular formula is C16H35NO3. The van der Waals surface area contributed by atoms with Gasteiger partial charge in [-0.15, -0.1) is 0 Å². The van der Waals surface area contributed by atoms with Gasteiger partial charge < -0.3 is 19.5 Å². The second-order valence-electron chi connectivity index (χ2n) is 6.66. The molecule has 0 amide bonds. The summed E-state index contributed by atoms with van der Waals surface area (Å²) >= 11 is 0. The topological polar surface area (TPSA) is 39.7 Å². The molecule has 0 bridgehead atoms. The molecule has 0 aromatic carbocycles. The maximum atomic E-state index is 5.85. The van der Waals surface area contributed by atoms with Gasteiger partial charge in [0, 0.05) is 6.04 Å². The highest BCUT2D eigenvalue weighted by Gasteiger charge is 2.33. The average molecular weight is 289 g/mol. The zero-order chi connectivity index (χ0) is 15.8. The molecule has 0 heterocycles. The molecule has 0 fully saturated rings. The Morgan fingerprint density at radius 1 is 0.650 bits per heavy atom. The van der Waals surface area contributed by atoms with Crippen molar-refractivity contribution in [1.82, 2.24) is 5.32 Å². The summed E-state index contributed by atoms with van der Waals surface area (Å²) < 4.78 is 17.6. The van der Waals surface area contributed by atoms with Gasteiger partial charge in [0.25, 0.3) is 0 Å². The van der Waals surface area contributed by atoms with Crippen LogP contribution >= 0.6 is 0 Å². The van der Waals surface area contributed by atoms with Gasteiger partial charge in [-0.25, -0.2) is 0 Å². The second kappa shape index (κ2) is 9.72. The molecule has 0 unspecified atom stereocenters. The van der Waals surface area contributed by atoms with Crippen molar-refractivity contribution in [1.29, 1.82) is 0 Å². The zero-order valence-electron chi connectivity index (χ0n) is 14.7. The molecule has 0 aromatic heterocycles. The molecule has 122 valence electrons. The Hall–Kier alpha value is -0.160. The van der Waals surface area contributed by atoms with E-state index in [4.69, 9.17) is 14.2 Å². The van der Waals surface area contributed by atoms with E-state index in [1.54, 1.807) is 0 Å². The van der Waals surface area contributed by atoms with E-state index in [9.17, 15) is 0 Å². The van der Waals surface area contributed by atoms with Gasteiger partial charge in [-0.3, -0.25) is 0 Å². The summed E-state index contributed by atoms with van der Waals surface area (Å²) in [6.45, 7) is 18.3. The van der Waals surface area contributed by atoms with Crippen LogP contribution in [0.15, 0.2) is 0 Å². The molecule has 4 nitrogen and oxygen atoms in total. The largest absolute Gasteiger partial charge is 0.377 e. The van der Waals surface area contributed by atoms with Gasteiger partial charge in [0.15, 0.2) is 0 Å². The lowest BCUT2D eigenvalue weighted by molar-refractivity contribution is -0.0762. The lowest BCUT2D eigenvalue weighted by Gasteiger charge is -2.37. The van der Waals surface area contributed by atoms with Gasteiger partial charge >= 0.3 is 0 Å². The van der Waals surface area contributed by atoms with Crippen molar-refractivity contribution < 1.29 is 14.2 Å². The van der Waals surface area contributed by atoms with Crippen LogP contribution in [0.4, 0.5) is 0 Å². The summed E-state index contributed by atoms with van der Waals surface area (Å²) in [5, 5.41) is 3.58. The van der Waals surface area contributed by atoms with Crippen LogP contribution in [0, 0.1) is 0 Å². The molecule has 0 aliphatic heterocycles. The molecule has 0 aromatic rings. The predicted octanol–water partition coefficient (Wildman–Crippen LogP) is 3.00. The SMILES string of the molecule is CC(C)NC(COC(C)C)(COC(C)C)COC(C)C. The lowest BCUT2D eigenvalue weighted by atomic mass is 10.0. The van der Waals surface area contributed by atoms with E-state index in [0.29, 0.717) is 25.9 Å². The van der Waals surface area contributed by atoms with Crippen molar-refractivity contribution in [3.05, 3.63) is 0 Å². The Labute approximate surface area is 125 Å². The molecule has 0 aliphatic carbocycles. The molecule has 0 radical (unpaired) electrons. The van der Waals surface area contributed by atoms with Crippen LogP contribution in [-0.2, 0) is 14.2 Å². The third-order valence-electron chi connectivity index (χ3n) is 2.67. The van der Waals surface area contributed by atoms with Crippen LogP contribution in [0.25, 0.3) is 0 Å². The fourth-order valence-electron chi connectivity index (χ4n) is 1.84. The monoisotopic (exact) mass is 289 g/mol. The maximum absolute atomic E-state index is 5.85. The van der Waals surface area contributed by atoms with E-state index in [0.717, 1.165) is 0 Å². The van der Waals surface area contributed by atoms with E-state index in [1.807, 2.05) is 41.5 Å². The van der Waals surface area contributed by atoms with Crippen molar-refractivity contribution >= 4 is 0 Å². The van der Waals surface area contributed by atoms with E-state index in [-0.39, 0.29) is 23.9 Å². The van der Waals surface area contributed by atoms with E-state index in [2.05, 4.69) is 19.2 Å². The van der Waals surface area contributed by atoms with Gasteiger partial charge in [-0.05, 0) is 41.5 Å². The molecule has 0 spiro atoms. The summed E-state index contributed by atoms with van der Waals surface area (Å²) in [5.41, 5.74) is -0.299. The van der Waals surface area contributed by atoms with Crippen LogP contribution in [0.1, 0.15) is 55.4 Å². The molecule has 1 N–H and O–H groups in total. The quantitative estimate of drug-likeness (QED) is 0.635. The first-order valence-corrected chi connectivity index (χ1v) is 7.79. The van der Waals surface area contributed by atoms with Gasteiger partial charge in [-0.2, -0.15) is 0 Å². The first-order chi connectivity index (χ1) is 9.17. The van der Waals surface area contributed by atoms with Crippen molar-refractivity contribution in [2.75, 3.05) is 19.8 Å². The second-order valence-corrected chi connectivity index (χ2v) is 6.66. The Morgan fingerprint density at radius 2 is 0.950 bits per heavy atom. The van der Waals surface area contributed by atoms with Crippen LogP contribution < -0.4 is 5.32 Å². The summed E-state index contributed by atoms with van der Waals surface area (Å²) in [6.07, 6.45) is 0.587. The molecule has 20 heavy (non-hydrogen) atoms. The van der Waals surface area contributed by atoms with Gasteiger partial charge in [0.2, 0.25) is 0 Å². The summed E-state index contributed by atoms with van der Waals surface area (Å²) in [5.74, 6) is 0. The predicted molar refractivity (Wildman–Crippen MR) is 84.3 cm³/mol. The number of hydrogen-bond donors (Lipinski definition) is 1. The minimum absolute atomic E-state index is 0.196. The van der Waals surface area contributed by atoms with Gasteiger partial charge in [-0.1, -0.05) is 13.8 Å². The number of nitrogens with one attached hydrogen (secondary N) is 1. The molecule has 0 saturated carbocycles.